The summed E-state index contributed by atoms with van der Waals surface area (Å²) in [6, 6.07) is 5.68. The quantitative estimate of drug-likeness (QED) is 0.946. The van der Waals surface area contributed by atoms with Crippen LogP contribution < -0.4 is 5.73 Å². The van der Waals surface area contributed by atoms with Crippen molar-refractivity contribution < 1.29 is 0 Å². The van der Waals surface area contributed by atoms with Crippen molar-refractivity contribution in [2.24, 2.45) is 12.8 Å². The van der Waals surface area contributed by atoms with Crippen LogP contribution in [-0.2, 0) is 13.5 Å². The van der Waals surface area contributed by atoms with Crippen LogP contribution in [0.5, 0.6) is 0 Å². The van der Waals surface area contributed by atoms with Gasteiger partial charge in [-0.2, -0.15) is 5.10 Å². The zero-order chi connectivity index (χ0) is 12.4. The van der Waals surface area contributed by atoms with E-state index in [0.717, 1.165) is 22.0 Å². The highest BCUT2D eigenvalue weighted by Gasteiger charge is 2.13. The average molecular weight is 315 g/mol. The average Bonchev–Trinajstić information content (AvgIpc) is 2.68. The van der Waals surface area contributed by atoms with Crippen molar-refractivity contribution in [2.45, 2.75) is 12.5 Å². The zero-order valence-electron chi connectivity index (χ0n) is 9.40. The SMILES string of the molecule is Cn1cc(CC(N)c2cccc(Br)c2Cl)cn1. The van der Waals surface area contributed by atoms with Crippen molar-refractivity contribution in [3.05, 3.63) is 51.2 Å². The minimum absolute atomic E-state index is 0.121. The minimum Gasteiger partial charge on any atom is -0.324 e. The molecule has 2 aromatic rings. The Balaban J connectivity index is 2.20. The van der Waals surface area contributed by atoms with Crippen molar-refractivity contribution in [3.8, 4) is 0 Å². The fraction of sp³-hybridized carbons (Fsp3) is 0.250. The molecule has 3 nitrogen and oxygen atoms in total. The number of hydrogen-bond acceptors (Lipinski definition) is 2. The Labute approximate surface area is 114 Å². The molecule has 1 aromatic carbocycles. The molecule has 0 spiro atoms. The summed E-state index contributed by atoms with van der Waals surface area (Å²) >= 11 is 9.61. The van der Waals surface area contributed by atoms with Crippen LogP contribution in [0.25, 0.3) is 0 Å². The maximum Gasteiger partial charge on any atom is 0.0595 e. The lowest BCUT2D eigenvalue weighted by molar-refractivity contribution is 0.719. The van der Waals surface area contributed by atoms with E-state index < -0.39 is 0 Å². The lowest BCUT2D eigenvalue weighted by Crippen LogP contribution is -2.13. The minimum atomic E-state index is -0.121. The van der Waals surface area contributed by atoms with Crippen LogP contribution in [0, 0.1) is 0 Å². The number of rotatable bonds is 3. The smallest absolute Gasteiger partial charge is 0.0595 e. The molecule has 0 saturated heterocycles. The standard InChI is InChI=1S/C12H13BrClN3/c1-17-7-8(6-16-17)5-11(15)9-3-2-4-10(13)12(9)14/h2-4,6-7,11H,5,15H2,1H3. The molecule has 1 atom stereocenters. The third-order valence-corrected chi connectivity index (χ3v) is 3.91. The first-order chi connectivity index (χ1) is 8.08. The molecule has 0 saturated carbocycles. The Kier molecular flexibility index (Phi) is 3.86. The van der Waals surface area contributed by atoms with Crippen LogP contribution in [0.4, 0.5) is 0 Å². The number of hydrogen-bond donors (Lipinski definition) is 1. The third-order valence-electron chi connectivity index (χ3n) is 2.59. The van der Waals surface area contributed by atoms with Crippen molar-refractivity contribution in [1.29, 1.82) is 0 Å². The molecule has 0 amide bonds. The van der Waals surface area contributed by atoms with Crippen molar-refractivity contribution >= 4 is 27.5 Å². The zero-order valence-corrected chi connectivity index (χ0v) is 11.7. The summed E-state index contributed by atoms with van der Waals surface area (Å²) in [5.74, 6) is 0. The number of nitrogens with two attached hydrogens (primary N) is 1. The monoisotopic (exact) mass is 313 g/mol. The Bertz CT molecular complexity index is 524. The van der Waals surface area contributed by atoms with Gasteiger partial charge in [0.05, 0.1) is 11.2 Å². The summed E-state index contributed by atoms with van der Waals surface area (Å²) in [5.41, 5.74) is 8.22. The molecule has 17 heavy (non-hydrogen) atoms. The van der Waals surface area contributed by atoms with E-state index in [1.54, 1.807) is 4.68 Å². The molecule has 0 fully saturated rings. The van der Waals surface area contributed by atoms with Crippen LogP contribution in [0.1, 0.15) is 17.2 Å². The summed E-state index contributed by atoms with van der Waals surface area (Å²) in [6.45, 7) is 0. The predicted molar refractivity (Wildman–Crippen MR) is 73.0 cm³/mol. The summed E-state index contributed by atoms with van der Waals surface area (Å²) in [6.07, 6.45) is 4.52. The Morgan fingerprint density at radius 1 is 1.53 bits per heavy atom. The maximum absolute atomic E-state index is 6.21. The molecular formula is C12H13BrClN3. The van der Waals surface area contributed by atoms with Gasteiger partial charge < -0.3 is 5.73 Å². The van der Waals surface area contributed by atoms with Crippen LogP contribution in [-0.4, -0.2) is 9.78 Å². The van der Waals surface area contributed by atoms with Gasteiger partial charge in [0, 0.05) is 23.8 Å². The lowest BCUT2D eigenvalue weighted by Gasteiger charge is -2.13. The third kappa shape index (κ3) is 2.89. The van der Waals surface area contributed by atoms with E-state index in [1.807, 2.05) is 37.6 Å². The molecule has 2 rings (SSSR count). The molecule has 5 heteroatoms. The first-order valence-corrected chi connectivity index (χ1v) is 6.42. The second-order valence-electron chi connectivity index (χ2n) is 3.98. The molecule has 90 valence electrons. The predicted octanol–water partition coefficient (Wildman–Crippen LogP) is 3.08. The summed E-state index contributed by atoms with van der Waals surface area (Å²) < 4.78 is 2.64. The van der Waals surface area contributed by atoms with Crippen LogP contribution in [0.15, 0.2) is 35.1 Å². The highest BCUT2D eigenvalue weighted by Crippen LogP contribution is 2.30. The molecule has 0 aliphatic carbocycles. The van der Waals surface area contributed by atoms with Crippen LogP contribution >= 0.6 is 27.5 Å². The number of aromatic nitrogens is 2. The van der Waals surface area contributed by atoms with E-state index >= 15 is 0 Å². The molecule has 2 N–H and O–H groups in total. The van der Waals surface area contributed by atoms with Gasteiger partial charge >= 0.3 is 0 Å². The summed E-state index contributed by atoms with van der Waals surface area (Å²) in [4.78, 5) is 0. The van der Waals surface area contributed by atoms with Crippen LogP contribution in [0.2, 0.25) is 5.02 Å². The topological polar surface area (TPSA) is 43.8 Å². The van der Waals surface area contributed by atoms with Gasteiger partial charge in [0.1, 0.15) is 0 Å². The van der Waals surface area contributed by atoms with Gasteiger partial charge in [-0.3, -0.25) is 4.68 Å². The number of aryl methyl sites for hydroxylation is 1. The van der Waals surface area contributed by atoms with Gasteiger partial charge in [-0.15, -0.1) is 0 Å². The normalized spacial score (nSPS) is 12.7. The number of nitrogens with zero attached hydrogens (tertiary/aromatic N) is 2. The van der Waals surface area contributed by atoms with Gasteiger partial charge in [-0.25, -0.2) is 0 Å². The van der Waals surface area contributed by atoms with E-state index in [-0.39, 0.29) is 6.04 Å². The number of halogens is 2. The van der Waals surface area contributed by atoms with E-state index in [1.165, 1.54) is 0 Å². The van der Waals surface area contributed by atoms with E-state index in [0.29, 0.717) is 5.02 Å². The van der Waals surface area contributed by atoms with Gasteiger partial charge in [-0.1, -0.05) is 23.7 Å². The van der Waals surface area contributed by atoms with Gasteiger partial charge in [0.15, 0.2) is 0 Å². The first kappa shape index (κ1) is 12.6. The fourth-order valence-electron chi connectivity index (χ4n) is 1.75. The van der Waals surface area contributed by atoms with Crippen LogP contribution in [0.3, 0.4) is 0 Å². The highest BCUT2D eigenvalue weighted by molar-refractivity contribution is 9.10. The largest absolute Gasteiger partial charge is 0.324 e. The Morgan fingerprint density at radius 2 is 2.29 bits per heavy atom. The summed E-state index contributed by atoms with van der Waals surface area (Å²) in [7, 11) is 1.89. The highest BCUT2D eigenvalue weighted by atomic mass is 79.9. The molecule has 1 unspecified atom stereocenters. The van der Waals surface area contributed by atoms with Crippen molar-refractivity contribution in [1.82, 2.24) is 9.78 Å². The molecule has 1 aromatic heterocycles. The molecule has 0 bridgehead atoms. The fourth-order valence-corrected chi connectivity index (χ4v) is 2.40. The Morgan fingerprint density at radius 3 is 2.94 bits per heavy atom. The first-order valence-electron chi connectivity index (χ1n) is 5.25. The second kappa shape index (κ2) is 5.21. The molecule has 0 aliphatic rings. The summed E-state index contributed by atoms with van der Waals surface area (Å²) in [5, 5.41) is 4.81. The lowest BCUT2D eigenvalue weighted by atomic mass is 10.0. The molecular weight excluding hydrogens is 302 g/mol. The van der Waals surface area contributed by atoms with Crippen molar-refractivity contribution in [3.63, 3.8) is 0 Å². The molecule has 1 heterocycles. The molecule has 0 aliphatic heterocycles. The second-order valence-corrected chi connectivity index (χ2v) is 5.21. The van der Waals surface area contributed by atoms with Crippen molar-refractivity contribution in [2.75, 3.05) is 0 Å². The maximum atomic E-state index is 6.21. The Hall–Kier alpha value is -0.840. The molecule has 0 radical (unpaired) electrons. The van der Waals surface area contributed by atoms with Gasteiger partial charge in [-0.05, 0) is 39.5 Å². The van der Waals surface area contributed by atoms with E-state index in [4.69, 9.17) is 17.3 Å². The van der Waals surface area contributed by atoms with E-state index in [2.05, 4.69) is 21.0 Å². The van der Waals surface area contributed by atoms with E-state index in [9.17, 15) is 0 Å². The van der Waals surface area contributed by atoms with Gasteiger partial charge in [0.25, 0.3) is 0 Å². The van der Waals surface area contributed by atoms with Gasteiger partial charge in [0.2, 0.25) is 0 Å². The number of benzene rings is 1.